The van der Waals surface area contributed by atoms with Crippen LogP contribution in [0.5, 0.6) is 0 Å². The van der Waals surface area contributed by atoms with Gasteiger partial charge in [-0.1, -0.05) is 23.2 Å². The number of halogens is 2. The fourth-order valence-corrected chi connectivity index (χ4v) is 2.40. The third-order valence-corrected chi connectivity index (χ3v) is 3.28. The summed E-state index contributed by atoms with van der Waals surface area (Å²) in [5.74, 6) is -1.38. The van der Waals surface area contributed by atoms with Crippen molar-refractivity contribution in [3.05, 3.63) is 63.1 Å². The molecule has 2 N–H and O–H groups in total. The van der Waals surface area contributed by atoms with Gasteiger partial charge in [-0.05, 0) is 48.9 Å². The molecule has 0 spiro atoms. The van der Waals surface area contributed by atoms with Crippen LogP contribution in [0.4, 0.5) is 5.69 Å². The highest BCUT2D eigenvalue weighted by Crippen LogP contribution is 2.21. The molecule has 0 saturated carbocycles. The summed E-state index contributed by atoms with van der Waals surface area (Å²) in [6.07, 6.45) is 0. The minimum Gasteiger partial charge on any atom is -0.478 e. The molecule has 2 aromatic rings. The van der Waals surface area contributed by atoms with Gasteiger partial charge in [0.25, 0.3) is 5.91 Å². The minimum atomic E-state index is -1.01. The third kappa shape index (κ3) is 3.74. The summed E-state index contributed by atoms with van der Waals surface area (Å²) < 4.78 is 0. The molecule has 108 valence electrons. The van der Waals surface area contributed by atoms with Crippen molar-refractivity contribution < 1.29 is 14.7 Å². The zero-order valence-corrected chi connectivity index (χ0v) is 12.5. The first kappa shape index (κ1) is 15.4. The Morgan fingerprint density at radius 3 is 2.19 bits per heavy atom. The Hall–Kier alpha value is -2.04. The smallest absolute Gasteiger partial charge is 0.335 e. The normalized spacial score (nSPS) is 10.2. The Kier molecular flexibility index (Phi) is 4.50. The number of rotatable bonds is 3. The second kappa shape index (κ2) is 6.16. The average molecular weight is 324 g/mol. The summed E-state index contributed by atoms with van der Waals surface area (Å²) in [6.45, 7) is 1.66. The number of benzene rings is 2. The maximum Gasteiger partial charge on any atom is 0.335 e. The quantitative estimate of drug-likeness (QED) is 0.887. The average Bonchev–Trinajstić information content (AvgIpc) is 2.37. The molecule has 6 heteroatoms. The highest BCUT2D eigenvalue weighted by atomic mass is 35.5. The molecule has 21 heavy (non-hydrogen) atoms. The number of amides is 1. The molecule has 1 amide bonds. The fourth-order valence-electron chi connectivity index (χ4n) is 1.87. The van der Waals surface area contributed by atoms with Crippen LogP contribution in [-0.4, -0.2) is 17.0 Å². The molecule has 0 aromatic heterocycles. The van der Waals surface area contributed by atoms with Crippen LogP contribution >= 0.6 is 23.2 Å². The Morgan fingerprint density at radius 1 is 1.05 bits per heavy atom. The standard InChI is InChI=1S/C15H11Cl2NO3/c1-8-4-12(2-3-13(8)15(20)21)18-14(19)9-5-10(16)7-11(17)6-9/h2-7H,1H3,(H,18,19)(H,20,21). The van der Waals surface area contributed by atoms with Gasteiger partial charge in [-0.2, -0.15) is 0 Å². The number of anilines is 1. The number of carbonyl (C=O) groups excluding carboxylic acids is 1. The van der Waals surface area contributed by atoms with E-state index < -0.39 is 5.97 Å². The topological polar surface area (TPSA) is 66.4 Å². The first-order valence-corrected chi connectivity index (χ1v) is 6.74. The number of nitrogens with one attached hydrogen (secondary N) is 1. The Bertz CT molecular complexity index is 709. The molecule has 0 unspecified atom stereocenters. The van der Waals surface area contributed by atoms with E-state index in [1.165, 1.54) is 30.3 Å². The van der Waals surface area contributed by atoms with Crippen LogP contribution in [0.15, 0.2) is 36.4 Å². The van der Waals surface area contributed by atoms with Crippen molar-refractivity contribution in [2.45, 2.75) is 6.92 Å². The molecule has 0 saturated heterocycles. The number of aromatic carboxylic acids is 1. The molecule has 0 aliphatic carbocycles. The fraction of sp³-hybridized carbons (Fsp3) is 0.0667. The molecule has 2 rings (SSSR count). The molecule has 0 fully saturated rings. The highest BCUT2D eigenvalue weighted by molar-refractivity contribution is 6.35. The third-order valence-electron chi connectivity index (χ3n) is 2.84. The van der Waals surface area contributed by atoms with Crippen LogP contribution in [-0.2, 0) is 0 Å². The summed E-state index contributed by atoms with van der Waals surface area (Å²) in [4.78, 5) is 23.0. The van der Waals surface area contributed by atoms with E-state index in [1.807, 2.05) is 0 Å². The summed E-state index contributed by atoms with van der Waals surface area (Å²) in [6, 6.07) is 9.10. The lowest BCUT2D eigenvalue weighted by molar-refractivity contribution is 0.0696. The van der Waals surface area contributed by atoms with Crippen LogP contribution in [0.3, 0.4) is 0 Å². The van der Waals surface area contributed by atoms with Crippen molar-refractivity contribution in [1.29, 1.82) is 0 Å². The van der Waals surface area contributed by atoms with Crippen LogP contribution in [0, 0.1) is 6.92 Å². The lowest BCUT2D eigenvalue weighted by atomic mass is 10.1. The van der Waals surface area contributed by atoms with E-state index in [0.29, 0.717) is 26.9 Å². The summed E-state index contributed by atoms with van der Waals surface area (Å²) in [5.41, 5.74) is 1.58. The molecule has 0 aliphatic rings. The second-order valence-electron chi connectivity index (χ2n) is 4.45. The minimum absolute atomic E-state index is 0.193. The van der Waals surface area contributed by atoms with Gasteiger partial charge in [0.15, 0.2) is 0 Å². The van der Waals surface area contributed by atoms with E-state index in [1.54, 1.807) is 13.0 Å². The monoisotopic (exact) mass is 323 g/mol. The number of carboxylic acids is 1. The predicted octanol–water partition coefficient (Wildman–Crippen LogP) is 4.25. The molecule has 0 heterocycles. The van der Waals surface area contributed by atoms with E-state index in [2.05, 4.69) is 5.32 Å². The lowest BCUT2D eigenvalue weighted by Gasteiger charge is -2.08. The van der Waals surface area contributed by atoms with Gasteiger partial charge in [-0.15, -0.1) is 0 Å². The van der Waals surface area contributed by atoms with E-state index in [0.717, 1.165) is 0 Å². The van der Waals surface area contributed by atoms with Crippen molar-refractivity contribution >= 4 is 40.8 Å². The Balaban J connectivity index is 2.23. The summed E-state index contributed by atoms with van der Waals surface area (Å²) in [7, 11) is 0. The SMILES string of the molecule is Cc1cc(NC(=O)c2cc(Cl)cc(Cl)c2)ccc1C(=O)O. The van der Waals surface area contributed by atoms with Crippen molar-refractivity contribution in [3.8, 4) is 0 Å². The van der Waals surface area contributed by atoms with Crippen molar-refractivity contribution in [2.75, 3.05) is 5.32 Å². The van der Waals surface area contributed by atoms with Crippen LogP contribution in [0.25, 0.3) is 0 Å². The molecule has 4 nitrogen and oxygen atoms in total. The maximum absolute atomic E-state index is 12.1. The molecular weight excluding hydrogens is 313 g/mol. The molecule has 0 atom stereocenters. The predicted molar refractivity (Wildman–Crippen MR) is 82.6 cm³/mol. The van der Waals surface area contributed by atoms with Gasteiger partial charge >= 0.3 is 5.97 Å². The van der Waals surface area contributed by atoms with Gasteiger partial charge in [-0.25, -0.2) is 4.79 Å². The first-order valence-electron chi connectivity index (χ1n) is 5.98. The first-order chi connectivity index (χ1) is 9.86. The van der Waals surface area contributed by atoms with Crippen molar-refractivity contribution in [2.24, 2.45) is 0 Å². The van der Waals surface area contributed by atoms with Gasteiger partial charge < -0.3 is 10.4 Å². The maximum atomic E-state index is 12.1. The van der Waals surface area contributed by atoms with Crippen LogP contribution in [0.1, 0.15) is 26.3 Å². The van der Waals surface area contributed by atoms with Gasteiger partial charge in [0.1, 0.15) is 0 Å². The zero-order chi connectivity index (χ0) is 15.6. The van der Waals surface area contributed by atoms with Crippen LogP contribution < -0.4 is 5.32 Å². The molecule has 0 aliphatic heterocycles. The summed E-state index contributed by atoms with van der Waals surface area (Å²) in [5, 5.41) is 12.4. The number of carbonyl (C=O) groups is 2. The van der Waals surface area contributed by atoms with Crippen molar-refractivity contribution in [3.63, 3.8) is 0 Å². The number of aryl methyl sites for hydroxylation is 1. The lowest BCUT2D eigenvalue weighted by Crippen LogP contribution is -2.12. The van der Waals surface area contributed by atoms with E-state index in [4.69, 9.17) is 28.3 Å². The van der Waals surface area contributed by atoms with Gasteiger partial charge in [0.05, 0.1) is 5.56 Å². The van der Waals surface area contributed by atoms with Crippen LogP contribution in [0.2, 0.25) is 10.0 Å². The Labute approximate surface area is 131 Å². The zero-order valence-electron chi connectivity index (χ0n) is 11.0. The second-order valence-corrected chi connectivity index (χ2v) is 5.32. The van der Waals surface area contributed by atoms with Gasteiger partial charge in [-0.3, -0.25) is 4.79 Å². The van der Waals surface area contributed by atoms with E-state index in [9.17, 15) is 9.59 Å². The van der Waals surface area contributed by atoms with Crippen molar-refractivity contribution in [1.82, 2.24) is 0 Å². The number of hydrogen-bond acceptors (Lipinski definition) is 2. The number of carboxylic acid groups (broad SMARTS) is 1. The van der Waals surface area contributed by atoms with E-state index >= 15 is 0 Å². The molecule has 2 aromatic carbocycles. The Morgan fingerprint density at radius 2 is 1.67 bits per heavy atom. The highest BCUT2D eigenvalue weighted by Gasteiger charge is 2.11. The molecular formula is C15H11Cl2NO3. The molecule has 0 radical (unpaired) electrons. The summed E-state index contributed by atoms with van der Waals surface area (Å²) >= 11 is 11.7. The largest absolute Gasteiger partial charge is 0.478 e. The van der Waals surface area contributed by atoms with Gasteiger partial charge in [0.2, 0.25) is 0 Å². The van der Waals surface area contributed by atoms with E-state index in [-0.39, 0.29) is 11.5 Å². The van der Waals surface area contributed by atoms with Gasteiger partial charge in [0, 0.05) is 21.3 Å². The molecule has 0 bridgehead atoms. The number of hydrogen-bond donors (Lipinski definition) is 2.